The molecule has 0 saturated heterocycles. The molecule has 0 aliphatic carbocycles. The van der Waals surface area contributed by atoms with Crippen molar-refractivity contribution in [2.24, 2.45) is 0 Å². The lowest BCUT2D eigenvalue weighted by molar-refractivity contribution is 0.155. The van der Waals surface area contributed by atoms with Crippen LogP contribution in [-0.2, 0) is 0 Å². The third kappa shape index (κ3) is 4.62. The minimum atomic E-state index is 0.371. The van der Waals surface area contributed by atoms with Gasteiger partial charge in [-0.15, -0.1) is 0 Å². The van der Waals surface area contributed by atoms with E-state index in [2.05, 4.69) is 46.9 Å². The fraction of sp³-hybridized carbons (Fsp3) is 1.00. The first-order valence-electron chi connectivity index (χ1n) is 7.86. The summed E-state index contributed by atoms with van der Waals surface area (Å²) in [4.78, 5) is 0. The van der Waals surface area contributed by atoms with Gasteiger partial charge in [-0.25, -0.2) is 0 Å². The molecule has 0 aliphatic heterocycles. The molecule has 0 spiro atoms. The highest BCUT2D eigenvalue weighted by Gasteiger charge is 2.34. The molecule has 1 N–H and O–H groups in total. The third-order valence-electron chi connectivity index (χ3n) is 4.69. The van der Waals surface area contributed by atoms with Gasteiger partial charge in [0.05, 0.1) is 0 Å². The normalized spacial score (nSPS) is 13.1. The van der Waals surface area contributed by atoms with Crippen LogP contribution in [0.1, 0.15) is 92.9 Å². The molecule has 0 aromatic heterocycles. The summed E-state index contributed by atoms with van der Waals surface area (Å²) in [7, 11) is 0. The second kappa shape index (κ2) is 8.13. The molecule has 0 bridgehead atoms. The van der Waals surface area contributed by atoms with Crippen LogP contribution in [0.3, 0.4) is 0 Å². The fourth-order valence-corrected chi connectivity index (χ4v) is 3.21. The summed E-state index contributed by atoms with van der Waals surface area (Å²) in [5.74, 6) is 0. The molecular formula is C16H35N. The summed E-state index contributed by atoms with van der Waals surface area (Å²) in [5, 5.41) is 4.08. The Morgan fingerprint density at radius 1 is 0.588 bits per heavy atom. The molecule has 1 heteroatoms. The SMILES string of the molecule is CCCC(CC)(CC)NC(CC)(CC)CCC. The molecule has 104 valence electrons. The summed E-state index contributed by atoms with van der Waals surface area (Å²) >= 11 is 0. The molecule has 1 nitrogen and oxygen atoms in total. The van der Waals surface area contributed by atoms with Gasteiger partial charge in [-0.3, -0.25) is 0 Å². The van der Waals surface area contributed by atoms with Crippen molar-refractivity contribution in [1.29, 1.82) is 0 Å². The lowest BCUT2D eigenvalue weighted by atomic mass is 9.80. The van der Waals surface area contributed by atoms with Crippen LogP contribution in [0.25, 0.3) is 0 Å². The largest absolute Gasteiger partial charge is 0.306 e. The van der Waals surface area contributed by atoms with Crippen LogP contribution >= 0.6 is 0 Å². The summed E-state index contributed by atoms with van der Waals surface area (Å²) in [6.07, 6.45) is 10.2. The average Bonchev–Trinajstić information content (AvgIpc) is 2.37. The quantitative estimate of drug-likeness (QED) is 0.547. The Bertz CT molecular complexity index is 158. The van der Waals surface area contributed by atoms with Crippen molar-refractivity contribution in [2.75, 3.05) is 0 Å². The molecule has 0 rings (SSSR count). The molecule has 0 amide bonds. The molecule has 17 heavy (non-hydrogen) atoms. The fourth-order valence-electron chi connectivity index (χ4n) is 3.21. The molecule has 0 aromatic carbocycles. The molecule has 0 radical (unpaired) electrons. The standard InChI is InChI=1S/C16H35N/c1-7-13-15(9-3,10-4)17-16(11-5,12-6)14-8-2/h17H,7-14H2,1-6H3. The highest BCUT2D eigenvalue weighted by atomic mass is 15.1. The zero-order valence-corrected chi connectivity index (χ0v) is 13.2. The lowest BCUT2D eigenvalue weighted by Gasteiger charge is -2.45. The first-order valence-corrected chi connectivity index (χ1v) is 7.86. The topological polar surface area (TPSA) is 12.0 Å². The van der Waals surface area contributed by atoms with Gasteiger partial charge in [-0.2, -0.15) is 0 Å². The zero-order chi connectivity index (χ0) is 13.4. The van der Waals surface area contributed by atoms with Gasteiger partial charge in [0.1, 0.15) is 0 Å². The van der Waals surface area contributed by atoms with Crippen molar-refractivity contribution in [2.45, 2.75) is 104 Å². The Kier molecular flexibility index (Phi) is 8.11. The van der Waals surface area contributed by atoms with Gasteiger partial charge in [-0.05, 0) is 38.5 Å². The third-order valence-corrected chi connectivity index (χ3v) is 4.69. The van der Waals surface area contributed by atoms with E-state index in [-0.39, 0.29) is 0 Å². The predicted molar refractivity (Wildman–Crippen MR) is 79.6 cm³/mol. The number of hydrogen-bond donors (Lipinski definition) is 1. The lowest BCUT2D eigenvalue weighted by Crippen LogP contribution is -2.57. The smallest absolute Gasteiger partial charge is 0.0181 e. The molecule has 0 aromatic rings. The molecular weight excluding hydrogens is 206 g/mol. The number of hydrogen-bond acceptors (Lipinski definition) is 1. The number of rotatable bonds is 10. The molecule has 0 aliphatic rings. The second-order valence-corrected chi connectivity index (χ2v) is 5.60. The van der Waals surface area contributed by atoms with Crippen molar-refractivity contribution >= 4 is 0 Å². The summed E-state index contributed by atoms with van der Waals surface area (Å²) in [6, 6.07) is 0. The van der Waals surface area contributed by atoms with E-state index >= 15 is 0 Å². The van der Waals surface area contributed by atoms with Crippen LogP contribution in [0.2, 0.25) is 0 Å². The van der Waals surface area contributed by atoms with E-state index in [1.807, 2.05) is 0 Å². The van der Waals surface area contributed by atoms with Gasteiger partial charge >= 0.3 is 0 Å². The number of nitrogens with one attached hydrogen (secondary N) is 1. The van der Waals surface area contributed by atoms with Crippen LogP contribution in [0, 0.1) is 0 Å². The monoisotopic (exact) mass is 241 g/mol. The van der Waals surface area contributed by atoms with E-state index < -0.39 is 0 Å². The highest BCUT2D eigenvalue weighted by Crippen LogP contribution is 2.30. The molecule has 0 unspecified atom stereocenters. The van der Waals surface area contributed by atoms with Gasteiger partial charge in [-0.1, -0.05) is 54.4 Å². The molecule has 0 atom stereocenters. The van der Waals surface area contributed by atoms with Gasteiger partial charge in [0.25, 0.3) is 0 Å². The van der Waals surface area contributed by atoms with Crippen molar-refractivity contribution < 1.29 is 0 Å². The van der Waals surface area contributed by atoms with Crippen molar-refractivity contribution in [3.8, 4) is 0 Å². The second-order valence-electron chi connectivity index (χ2n) is 5.60. The maximum absolute atomic E-state index is 4.08. The summed E-state index contributed by atoms with van der Waals surface area (Å²) < 4.78 is 0. The predicted octanol–water partition coefficient (Wildman–Crippen LogP) is 5.29. The molecule has 0 fully saturated rings. The van der Waals surface area contributed by atoms with E-state index in [1.54, 1.807) is 0 Å². The Labute approximate surface area is 110 Å². The van der Waals surface area contributed by atoms with E-state index in [9.17, 15) is 0 Å². The van der Waals surface area contributed by atoms with Crippen LogP contribution in [-0.4, -0.2) is 11.1 Å². The van der Waals surface area contributed by atoms with Crippen LogP contribution < -0.4 is 5.32 Å². The first kappa shape index (κ1) is 17.0. The van der Waals surface area contributed by atoms with Crippen molar-refractivity contribution in [3.05, 3.63) is 0 Å². The average molecular weight is 241 g/mol. The van der Waals surface area contributed by atoms with Crippen molar-refractivity contribution in [3.63, 3.8) is 0 Å². The van der Waals surface area contributed by atoms with Crippen LogP contribution in [0.4, 0.5) is 0 Å². The molecule has 0 heterocycles. The first-order chi connectivity index (χ1) is 8.07. The van der Waals surface area contributed by atoms with Crippen molar-refractivity contribution in [1.82, 2.24) is 5.32 Å². The van der Waals surface area contributed by atoms with Gasteiger partial charge < -0.3 is 5.32 Å². The zero-order valence-electron chi connectivity index (χ0n) is 13.2. The Balaban J connectivity index is 4.89. The van der Waals surface area contributed by atoms with Crippen LogP contribution in [0.5, 0.6) is 0 Å². The minimum absolute atomic E-state index is 0.371. The van der Waals surface area contributed by atoms with Gasteiger partial charge in [0.2, 0.25) is 0 Å². The van der Waals surface area contributed by atoms with Gasteiger partial charge in [0, 0.05) is 11.1 Å². The van der Waals surface area contributed by atoms with E-state index in [1.165, 1.54) is 51.4 Å². The van der Waals surface area contributed by atoms with E-state index in [0.29, 0.717) is 11.1 Å². The summed E-state index contributed by atoms with van der Waals surface area (Å²) in [6.45, 7) is 14.0. The Morgan fingerprint density at radius 3 is 1.06 bits per heavy atom. The maximum Gasteiger partial charge on any atom is 0.0181 e. The van der Waals surface area contributed by atoms with Crippen LogP contribution in [0.15, 0.2) is 0 Å². The van der Waals surface area contributed by atoms with E-state index in [4.69, 9.17) is 0 Å². The van der Waals surface area contributed by atoms with E-state index in [0.717, 1.165) is 0 Å². The van der Waals surface area contributed by atoms with Gasteiger partial charge in [0.15, 0.2) is 0 Å². The Hall–Kier alpha value is -0.0400. The summed E-state index contributed by atoms with van der Waals surface area (Å²) in [5.41, 5.74) is 0.742. The maximum atomic E-state index is 4.08. The Morgan fingerprint density at radius 2 is 0.882 bits per heavy atom. The molecule has 0 saturated carbocycles. The minimum Gasteiger partial charge on any atom is -0.306 e. The highest BCUT2D eigenvalue weighted by molar-refractivity contribution is 4.96.